The molecule has 2 aromatic carbocycles. The van der Waals surface area contributed by atoms with E-state index >= 15 is 0 Å². The van der Waals surface area contributed by atoms with E-state index in [-0.39, 0.29) is 4.90 Å². The zero-order chi connectivity index (χ0) is 18.7. The number of anilines is 1. The maximum Gasteiger partial charge on any atom is 0.331 e. The van der Waals surface area contributed by atoms with E-state index in [0.717, 1.165) is 11.3 Å². The Morgan fingerprint density at radius 3 is 2.31 bits per heavy atom. The first-order valence-electron chi connectivity index (χ1n) is 8.24. The van der Waals surface area contributed by atoms with E-state index in [1.807, 2.05) is 31.2 Å². The largest absolute Gasteiger partial charge is 0.368 e. The molecular weight excluding hydrogens is 374 g/mol. The Labute approximate surface area is 158 Å². The summed E-state index contributed by atoms with van der Waals surface area (Å²) < 4.78 is 26.8. The minimum atomic E-state index is -3.87. The van der Waals surface area contributed by atoms with Gasteiger partial charge in [-0.05, 0) is 37.3 Å². The van der Waals surface area contributed by atoms with Crippen LogP contribution in [-0.4, -0.2) is 45.5 Å². The van der Waals surface area contributed by atoms with Gasteiger partial charge in [0, 0.05) is 36.9 Å². The number of amides is 2. The molecule has 1 aliphatic heterocycles. The third-order valence-corrected chi connectivity index (χ3v) is 5.86. The van der Waals surface area contributed by atoms with Crippen LogP contribution in [0.4, 0.5) is 10.5 Å². The fourth-order valence-corrected chi connectivity index (χ4v) is 3.95. The number of hydrogen-bond acceptors (Lipinski definition) is 4. The number of aryl methyl sites for hydroxylation is 1. The lowest BCUT2D eigenvalue weighted by Crippen LogP contribution is -2.52. The highest BCUT2D eigenvalue weighted by Gasteiger charge is 2.25. The van der Waals surface area contributed by atoms with Crippen LogP contribution in [-0.2, 0) is 10.0 Å². The highest BCUT2D eigenvalue weighted by Crippen LogP contribution is 2.21. The highest BCUT2D eigenvalue weighted by atomic mass is 35.5. The first kappa shape index (κ1) is 18.5. The fraction of sp³-hybridized carbons (Fsp3) is 0.278. The third kappa shape index (κ3) is 4.28. The lowest BCUT2D eigenvalue weighted by molar-refractivity contribution is 0.200. The molecule has 0 atom stereocenters. The summed E-state index contributed by atoms with van der Waals surface area (Å²) in [4.78, 5) is 16.0. The first-order chi connectivity index (χ1) is 12.3. The number of piperazine rings is 1. The van der Waals surface area contributed by atoms with Gasteiger partial charge in [-0.1, -0.05) is 35.4 Å². The van der Waals surface area contributed by atoms with Crippen LogP contribution in [0, 0.1) is 6.92 Å². The molecule has 1 N–H and O–H groups in total. The van der Waals surface area contributed by atoms with Crippen LogP contribution in [0.5, 0.6) is 0 Å². The molecule has 1 fully saturated rings. The number of nitrogens with one attached hydrogen (secondary N) is 1. The van der Waals surface area contributed by atoms with Gasteiger partial charge in [-0.25, -0.2) is 17.9 Å². The molecule has 0 unspecified atom stereocenters. The lowest BCUT2D eigenvalue weighted by atomic mass is 10.2. The summed E-state index contributed by atoms with van der Waals surface area (Å²) in [6, 6.07) is 13.3. The zero-order valence-electron chi connectivity index (χ0n) is 14.4. The van der Waals surface area contributed by atoms with Crippen molar-refractivity contribution < 1.29 is 13.2 Å². The summed E-state index contributed by atoms with van der Waals surface area (Å²) in [6.45, 7) is 3.95. The van der Waals surface area contributed by atoms with Crippen LogP contribution in [0.2, 0.25) is 5.02 Å². The molecule has 1 saturated heterocycles. The molecule has 0 aliphatic carbocycles. The topological polar surface area (TPSA) is 69.7 Å². The van der Waals surface area contributed by atoms with Gasteiger partial charge in [-0.3, -0.25) is 0 Å². The first-order valence-corrected chi connectivity index (χ1v) is 10.1. The molecule has 8 heteroatoms. The number of rotatable bonds is 3. The molecule has 138 valence electrons. The van der Waals surface area contributed by atoms with Crippen molar-refractivity contribution in [2.75, 3.05) is 31.1 Å². The average Bonchev–Trinajstić information content (AvgIpc) is 2.62. The van der Waals surface area contributed by atoms with Gasteiger partial charge >= 0.3 is 6.03 Å². The average molecular weight is 394 g/mol. The summed E-state index contributed by atoms with van der Waals surface area (Å²) in [6.07, 6.45) is 0. The minimum Gasteiger partial charge on any atom is -0.368 e. The van der Waals surface area contributed by atoms with Gasteiger partial charge in [0.2, 0.25) is 0 Å². The summed E-state index contributed by atoms with van der Waals surface area (Å²) in [5.41, 5.74) is 1.94. The van der Waals surface area contributed by atoms with Crippen LogP contribution in [0.15, 0.2) is 53.4 Å². The fourth-order valence-electron chi connectivity index (χ4n) is 2.80. The Hall–Kier alpha value is -2.25. The number of carbonyl (C=O) groups excluding carboxylic acids is 1. The molecule has 2 amide bonds. The predicted molar refractivity (Wildman–Crippen MR) is 102 cm³/mol. The standard InChI is InChI=1S/C18H20ClN3O3S/c1-14-5-7-17(8-6-14)26(24,25)20-18(23)22-11-9-21(10-12-22)16-4-2-3-15(19)13-16/h2-8,13H,9-12H2,1H3,(H,20,23). The van der Waals surface area contributed by atoms with Crippen molar-refractivity contribution in [2.24, 2.45) is 0 Å². The normalized spacial score (nSPS) is 15.0. The quantitative estimate of drug-likeness (QED) is 0.870. The van der Waals surface area contributed by atoms with Crippen molar-refractivity contribution >= 4 is 33.3 Å². The molecule has 3 rings (SSSR count). The summed E-state index contributed by atoms with van der Waals surface area (Å²) >= 11 is 6.02. The monoisotopic (exact) mass is 393 g/mol. The van der Waals surface area contributed by atoms with Crippen molar-refractivity contribution in [1.82, 2.24) is 9.62 Å². The number of nitrogens with zero attached hydrogens (tertiary/aromatic N) is 2. The van der Waals surface area contributed by atoms with Gasteiger partial charge in [0.1, 0.15) is 0 Å². The van der Waals surface area contributed by atoms with E-state index in [1.165, 1.54) is 17.0 Å². The molecule has 6 nitrogen and oxygen atoms in total. The van der Waals surface area contributed by atoms with E-state index in [2.05, 4.69) is 9.62 Å². The van der Waals surface area contributed by atoms with Crippen LogP contribution < -0.4 is 9.62 Å². The van der Waals surface area contributed by atoms with Crippen molar-refractivity contribution in [3.05, 3.63) is 59.1 Å². The van der Waals surface area contributed by atoms with Gasteiger partial charge in [0.15, 0.2) is 0 Å². The maximum atomic E-state index is 12.3. The van der Waals surface area contributed by atoms with E-state index in [4.69, 9.17) is 11.6 Å². The Morgan fingerprint density at radius 1 is 1.04 bits per heavy atom. The Kier molecular flexibility index (Phi) is 5.38. The molecule has 1 aliphatic rings. The highest BCUT2D eigenvalue weighted by molar-refractivity contribution is 7.90. The van der Waals surface area contributed by atoms with Gasteiger partial charge in [0.25, 0.3) is 10.0 Å². The van der Waals surface area contributed by atoms with Gasteiger partial charge in [0.05, 0.1) is 4.90 Å². The number of carbonyl (C=O) groups is 1. The Bertz CT molecular complexity index is 892. The van der Waals surface area contributed by atoms with Gasteiger partial charge < -0.3 is 9.80 Å². The number of halogens is 1. The second-order valence-corrected chi connectivity index (χ2v) is 8.30. The molecule has 0 radical (unpaired) electrons. The van der Waals surface area contributed by atoms with Crippen LogP contribution in [0.25, 0.3) is 0 Å². The van der Waals surface area contributed by atoms with Crippen molar-refractivity contribution in [3.63, 3.8) is 0 Å². The molecule has 0 bridgehead atoms. The number of urea groups is 1. The van der Waals surface area contributed by atoms with Gasteiger partial charge in [-0.15, -0.1) is 0 Å². The molecule has 1 heterocycles. The van der Waals surface area contributed by atoms with Crippen molar-refractivity contribution in [1.29, 1.82) is 0 Å². The predicted octanol–water partition coefficient (Wildman–Crippen LogP) is 2.87. The summed E-state index contributed by atoms with van der Waals surface area (Å²) in [5.74, 6) is 0. The van der Waals surface area contributed by atoms with E-state index in [0.29, 0.717) is 31.2 Å². The molecule has 0 spiro atoms. The Morgan fingerprint density at radius 2 is 1.69 bits per heavy atom. The van der Waals surface area contributed by atoms with Crippen LogP contribution in [0.1, 0.15) is 5.56 Å². The summed E-state index contributed by atoms with van der Waals surface area (Å²) in [7, 11) is -3.87. The van der Waals surface area contributed by atoms with E-state index in [9.17, 15) is 13.2 Å². The maximum absolute atomic E-state index is 12.3. The molecular formula is C18H20ClN3O3S. The second kappa shape index (κ2) is 7.55. The van der Waals surface area contributed by atoms with E-state index in [1.54, 1.807) is 12.1 Å². The summed E-state index contributed by atoms with van der Waals surface area (Å²) in [5, 5.41) is 0.659. The zero-order valence-corrected chi connectivity index (χ0v) is 15.9. The molecule has 0 saturated carbocycles. The van der Waals surface area contributed by atoms with Crippen molar-refractivity contribution in [2.45, 2.75) is 11.8 Å². The Balaban J connectivity index is 1.61. The van der Waals surface area contributed by atoms with Crippen LogP contribution in [0.3, 0.4) is 0 Å². The lowest BCUT2D eigenvalue weighted by Gasteiger charge is -2.36. The van der Waals surface area contributed by atoms with E-state index < -0.39 is 16.1 Å². The molecule has 0 aromatic heterocycles. The number of hydrogen-bond donors (Lipinski definition) is 1. The van der Waals surface area contributed by atoms with Gasteiger partial charge in [-0.2, -0.15) is 0 Å². The van der Waals surface area contributed by atoms with Crippen molar-refractivity contribution in [3.8, 4) is 0 Å². The number of sulfonamides is 1. The second-order valence-electron chi connectivity index (χ2n) is 6.18. The minimum absolute atomic E-state index is 0.0778. The molecule has 2 aromatic rings. The third-order valence-electron chi connectivity index (χ3n) is 4.29. The molecule has 26 heavy (non-hydrogen) atoms. The number of benzene rings is 2. The van der Waals surface area contributed by atoms with Crippen LogP contribution >= 0.6 is 11.6 Å². The SMILES string of the molecule is Cc1ccc(S(=O)(=O)NC(=O)N2CCN(c3cccc(Cl)c3)CC2)cc1. The smallest absolute Gasteiger partial charge is 0.331 e.